The molecule has 5 nitrogen and oxygen atoms in total. The summed E-state index contributed by atoms with van der Waals surface area (Å²) in [6, 6.07) is 3.60. The number of primary amides is 1. The second-order valence-corrected chi connectivity index (χ2v) is 6.35. The van der Waals surface area contributed by atoms with E-state index in [-0.39, 0.29) is 11.8 Å². The predicted octanol–water partition coefficient (Wildman–Crippen LogP) is 2.06. The molecule has 138 valence electrons. The van der Waals surface area contributed by atoms with E-state index in [1.54, 1.807) is 0 Å². The monoisotopic (exact) mass is 352 g/mol. The normalized spacial score (nSPS) is 18.3. The van der Waals surface area contributed by atoms with Gasteiger partial charge in [-0.3, -0.25) is 9.79 Å². The van der Waals surface area contributed by atoms with Gasteiger partial charge in [-0.2, -0.15) is 0 Å². The molecule has 1 aromatic rings. The van der Waals surface area contributed by atoms with Crippen molar-refractivity contribution in [3.8, 4) is 0 Å². The van der Waals surface area contributed by atoms with Gasteiger partial charge in [0.2, 0.25) is 5.91 Å². The van der Waals surface area contributed by atoms with Crippen molar-refractivity contribution in [1.29, 1.82) is 0 Å². The Bertz CT molecular complexity index is 621. The maximum atomic E-state index is 13.7. The van der Waals surface area contributed by atoms with Crippen molar-refractivity contribution in [2.24, 2.45) is 16.6 Å². The molecule has 7 heteroatoms. The number of carbonyl (C=O) groups excluding carboxylic acids is 1. The summed E-state index contributed by atoms with van der Waals surface area (Å²) >= 11 is 0. The van der Waals surface area contributed by atoms with Gasteiger partial charge in [0.05, 0.1) is 0 Å². The van der Waals surface area contributed by atoms with E-state index >= 15 is 0 Å². The zero-order chi connectivity index (χ0) is 18.2. The molecule has 0 saturated carbocycles. The molecule has 1 aliphatic rings. The van der Waals surface area contributed by atoms with E-state index < -0.39 is 11.6 Å². The van der Waals surface area contributed by atoms with Gasteiger partial charge in [-0.25, -0.2) is 8.78 Å². The average Bonchev–Trinajstić information content (AvgIpc) is 2.55. The lowest BCUT2D eigenvalue weighted by Crippen LogP contribution is -2.47. The van der Waals surface area contributed by atoms with Gasteiger partial charge in [-0.05, 0) is 43.7 Å². The lowest BCUT2D eigenvalue weighted by atomic mass is 9.95. The van der Waals surface area contributed by atoms with Crippen LogP contribution in [-0.4, -0.2) is 42.9 Å². The van der Waals surface area contributed by atoms with Crippen molar-refractivity contribution >= 4 is 11.9 Å². The summed E-state index contributed by atoms with van der Waals surface area (Å²) in [4.78, 5) is 17.8. The molecule has 0 aliphatic carbocycles. The number of guanidine groups is 1. The van der Waals surface area contributed by atoms with Crippen LogP contribution < -0.4 is 11.1 Å². The lowest BCUT2D eigenvalue weighted by Gasteiger charge is -2.34. The van der Waals surface area contributed by atoms with E-state index in [1.165, 1.54) is 12.1 Å². The second kappa shape index (κ2) is 9.34. The highest BCUT2D eigenvalue weighted by Gasteiger charge is 2.23. The summed E-state index contributed by atoms with van der Waals surface area (Å²) in [7, 11) is 0. The molecule has 1 unspecified atom stereocenters. The Morgan fingerprint density at radius 2 is 2.24 bits per heavy atom. The number of hydrogen-bond acceptors (Lipinski definition) is 2. The molecule has 1 amide bonds. The summed E-state index contributed by atoms with van der Waals surface area (Å²) in [5.41, 5.74) is 5.76. The van der Waals surface area contributed by atoms with Crippen LogP contribution >= 0.6 is 0 Å². The Balaban J connectivity index is 1.98. The van der Waals surface area contributed by atoms with E-state index in [4.69, 9.17) is 5.73 Å². The molecule has 0 spiro atoms. The summed E-state index contributed by atoms with van der Waals surface area (Å²) in [6.45, 7) is 4.72. The van der Waals surface area contributed by atoms with Gasteiger partial charge in [-0.1, -0.05) is 6.07 Å². The van der Waals surface area contributed by atoms with E-state index in [9.17, 15) is 13.6 Å². The molecule has 1 aliphatic heterocycles. The molecule has 1 saturated heterocycles. The molecule has 1 fully saturated rings. The zero-order valence-electron chi connectivity index (χ0n) is 14.6. The minimum atomic E-state index is -0.577. The van der Waals surface area contributed by atoms with Gasteiger partial charge < -0.3 is 16.0 Å². The number of nitrogens with one attached hydrogen (secondary N) is 1. The largest absolute Gasteiger partial charge is 0.370 e. The number of halogens is 2. The first-order valence-electron chi connectivity index (χ1n) is 8.75. The molecule has 1 atom stereocenters. The Hall–Kier alpha value is -2.18. The SMILES string of the molecule is CCNC(=NCCc1ccc(F)cc1F)N1CCCC(CC(N)=O)C1. The second-order valence-electron chi connectivity index (χ2n) is 6.35. The lowest BCUT2D eigenvalue weighted by molar-refractivity contribution is -0.119. The molecule has 2 rings (SSSR count). The molecule has 1 heterocycles. The summed E-state index contributed by atoms with van der Waals surface area (Å²) < 4.78 is 26.6. The molecular formula is C18H26F2N4O. The number of rotatable bonds is 6. The minimum Gasteiger partial charge on any atom is -0.370 e. The number of amides is 1. The Kier molecular flexibility index (Phi) is 7.16. The van der Waals surface area contributed by atoms with Gasteiger partial charge in [0.25, 0.3) is 0 Å². The number of likely N-dealkylation sites (tertiary alicyclic amines) is 1. The smallest absolute Gasteiger partial charge is 0.217 e. The van der Waals surface area contributed by atoms with Crippen molar-refractivity contribution in [1.82, 2.24) is 10.2 Å². The average molecular weight is 352 g/mol. The van der Waals surface area contributed by atoms with Gasteiger partial charge in [0, 0.05) is 38.7 Å². The first-order chi connectivity index (χ1) is 12.0. The van der Waals surface area contributed by atoms with Crippen LogP contribution in [0.15, 0.2) is 23.2 Å². The summed E-state index contributed by atoms with van der Waals surface area (Å²) in [5.74, 6) is -0.393. The van der Waals surface area contributed by atoms with Crippen LogP contribution in [0.25, 0.3) is 0 Å². The van der Waals surface area contributed by atoms with E-state index in [1.807, 2.05) is 6.92 Å². The minimum absolute atomic E-state index is 0.240. The molecule has 0 radical (unpaired) electrons. The molecule has 1 aromatic carbocycles. The van der Waals surface area contributed by atoms with Crippen molar-refractivity contribution in [3.05, 3.63) is 35.4 Å². The van der Waals surface area contributed by atoms with Crippen molar-refractivity contribution in [3.63, 3.8) is 0 Å². The van der Waals surface area contributed by atoms with Crippen LogP contribution in [-0.2, 0) is 11.2 Å². The first-order valence-corrected chi connectivity index (χ1v) is 8.75. The number of nitrogens with zero attached hydrogens (tertiary/aromatic N) is 2. The Morgan fingerprint density at radius 1 is 1.44 bits per heavy atom. The topological polar surface area (TPSA) is 70.7 Å². The maximum Gasteiger partial charge on any atom is 0.217 e. The van der Waals surface area contributed by atoms with Crippen LogP contribution in [0.1, 0.15) is 31.7 Å². The van der Waals surface area contributed by atoms with Crippen molar-refractivity contribution in [2.45, 2.75) is 32.6 Å². The highest BCUT2D eigenvalue weighted by atomic mass is 19.1. The number of aliphatic imine (C=N–C) groups is 1. The van der Waals surface area contributed by atoms with E-state index in [2.05, 4.69) is 15.2 Å². The van der Waals surface area contributed by atoms with Gasteiger partial charge in [0.1, 0.15) is 11.6 Å². The van der Waals surface area contributed by atoms with E-state index in [0.717, 1.165) is 44.5 Å². The van der Waals surface area contributed by atoms with Crippen molar-refractivity contribution < 1.29 is 13.6 Å². The van der Waals surface area contributed by atoms with Gasteiger partial charge in [-0.15, -0.1) is 0 Å². The fraction of sp³-hybridized carbons (Fsp3) is 0.556. The van der Waals surface area contributed by atoms with Crippen LogP contribution in [0, 0.1) is 17.6 Å². The Morgan fingerprint density at radius 3 is 2.92 bits per heavy atom. The van der Waals surface area contributed by atoms with Crippen LogP contribution in [0.4, 0.5) is 8.78 Å². The van der Waals surface area contributed by atoms with Gasteiger partial charge >= 0.3 is 0 Å². The molecule has 3 N–H and O–H groups in total. The van der Waals surface area contributed by atoms with E-state index in [0.29, 0.717) is 24.9 Å². The highest BCUT2D eigenvalue weighted by Crippen LogP contribution is 2.19. The molecule has 0 aromatic heterocycles. The number of benzene rings is 1. The molecular weight excluding hydrogens is 326 g/mol. The standard InChI is InChI=1S/C18H26F2N4O/c1-2-22-18(24-9-3-4-13(12-24)10-17(21)25)23-8-7-14-5-6-15(19)11-16(14)20/h5-6,11,13H,2-4,7-10,12H2,1H3,(H2,21,25)(H,22,23). The fourth-order valence-corrected chi connectivity index (χ4v) is 3.14. The Labute approximate surface area is 147 Å². The summed E-state index contributed by atoms with van der Waals surface area (Å²) in [6.07, 6.45) is 2.75. The molecule has 25 heavy (non-hydrogen) atoms. The van der Waals surface area contributed by atoms with Crippen LogP contribution in [0.2, 0.25) is 0 Å². The first kappa shape index (κ1) is 19.1. The van der Waals surface area contributed by atoms with Crippen molar-refractivity contribution in [2.75, 3.05) is 26.2 Å². The quantitative estimate of drug-likeness (QED) is 0.608. The number of carbonyl (C=O) groups is 1. The van der Waals surface area contributed by atoms with Crippen LogP contribution in [0.3, 0.4) is 0 Å². The van der Waals surface area contributed by atoms with Crippen LogP contribution in [0.5, 0.6) is 0 Å². The third-order valence-corrected chi connectivity index (χ3v) is 4.30. The zero-order valence-corrected chi connectivity index (χ0v) is 14.6. The van der Waals surface area contributed by atoms with Gasteiger partial charge in [0.15, 0.2) is 5.96 Å². The third kappa shape index (κ3) is 5.99. The number of piperidine rings is 1. The maximum absolute atomic E-state index is 13.7. The third-order valence-electron chi connectivity index (χ3n) is 4.30. The number of nitrogens with two attached hydrogens (primary N) is 1. The fourth-order valence-electron chi connectivity index (χ4n) is 3.14. The highest BCUT2D eigenvalue weighted by molar-refractivity contribution is 5.80. The number of hydrogen-bond donors (Lipinski definition) is 2. The summed E-state index contributed by atoms with van der Waals surface area (Å²) in [5, 5.41) is 3.24. The predicted molar refractivity (Wildman–Crippen MR) is 94.1 cm³/mol. The molecule has 0 bridgehead atoms.